The molecular weight excluding hydrogens is 446 g/mol. The molecule has 37 heavy (non-hydrogen) atoms. The third-order valence-electron chi connectivity index (χ3n) is 7.25. The Morgan fingerprint density at radius 3 is 1.81 bits per heavy atom. The fourth-order valence-corrected chi connectivity index (χ4v) is 5.16. The Hall–Kier alpha value is -4.36. The predicted molar refractivity (Wildman–Crippen MR) is 160 cm³/mol. The smallest absolute Gasteiger partial charge is 0.0461 e. The summed E-state index contributed by atoms with van der Waals surface area (Å²) in [6.45, 7) is 4.40. The fourth-order valence-electron chi connectivity index (χ4n) is 5.16. The Balaban J connectivity index is 1.41. The molecule has 2 aliphatic rings. The lowest BCUT2D eigenvalue weighted by Gasteiger charge is -2.28. The third kappa shape index (κ3) is 4.73. The van der Waals surface area contributed by atoms with Crippen molar-refractivity contribution in [1.29, 1.82) is 0 Å². The van der Waals surface area contributed by atoms with E-state index < -0.39 is 0 Å². The van der Waals surface area contributed by atoms with E-state index in [4.69, 9.17) is 0 Å². The molecule has 0 fully saturated rings. The molecule has 0 saturated carbocycles. The van der Waals surface area contributed by atoms with E-state index in [1.165, 1.54) is 56.0 Å². The Morgan fingerprint density at radius 1 is 0.676 bits per heavy atom. The van der Waals surface area contributed by atoms with Crippen LogP contribution in [0.3, 0.4) is 0 Å². The lowest BCUT2D eigenvalue weighted by Crippen LogP contribution is -2.17. The van der Waals surface area contributed by atoms with E-state index in [9.17, 15) is 0 Å². The minimum Gasteiger partial charge on any atom is -0.311 e. The quantitative estimate of drug-likeness (QED) is 0.249. The van der Waals surface area contributed by atoms with E-state index in [1.807, 2.05) is 0 Å². The Labute approximate surface area is 220 Å². The molecule has 180 valence electrons. The van der Waals surface area contributed by atoms with Gasteiger partial charge in [0.05, 0.1) is 0 Å². The zero-order valence-electron chi connectivity index (χ0n) is 21.4. The molecule has 0 amide bonds. The van der Waals surface area contributed by atoms with Crippen LogP contribution in [0, 0.1) is 12.8 Å². The van der Waals surface area contributed by atoms with Crippen LogP contribution in [0.5, 0.6) is 0 Å². The fraction of sp³-hybridized carbons (Fsp3) is 0.111. The van der Waals surface area contributed by atoms with Crippen LogP contribution in [0.1, 0.15) is 46.7 Å². The minimum absolute atomic E-state index is 0.581. The van der Waals surface area contributed by atoms with Crippen molar-refractivity contribution in [3.63, 3.8) is 0 Å². The van der Waals surface area contributed by atoms with Gasteiger partial charge in [0.1, 0.15) is 0 Å². The van der Waals surface area contributed by atoms with Gasteiger partial charge in [0.15, 0.2) is 0 Å². The highest BCUT2D eigenvalue weighted by Gasteiger charge is 2.17. The van der Waals surface area contributed by atoms with Gasteiger partial charge < -0.3 is 4.90 Å². The molecule has 4 aromatic rings. The van der Waals surface area contributed by atoms with Crippen LogP contribution in [0.15, 0.2) is 121 Å². The minimum atomic E-state index is 0.581. The summed E-state index contributed by atoms with van der Waals surface area (Å²) in [5, 5.41) is 0. The first-order chi connectivity index (χ1) is 18.2. The molecule has 0 saturated heterocycles. The number of hydrogen-bond donors (Lipinski definition) is 0. The maximum Gasteiger partial charge on any atom is 0.0461 e. The van der Waals surface area contributed by atoms with Crippen molar-refractivity contribution < 1.29 is 0 Å². The Bertz CT molecular complexity index is 1490. The van der Waals surface area contributed by atoms with Crippen LogP contribution in [-0.4, -0.2) is 0 Å². The SMILES string of the molecule is Cc1ccc(N(C2=CCC(C)C=C2)c2ccc(C=C3c4ccccc4C=Cc4ccccc43)cc2)cc1. The van der Waals surface area contributed by atoms with Gasteiger partial charge in [-0.3, -0.25) is 0 Å². The van der Waals surface area contributed by atoms with Gasteiger partial charge in [-0.25, -0.2) is 0 Å². The van der Waals surface area contributed by atoms with Gasteiger partial charge >= 0.3 is 0 Å². The Kier molecular flexibility index (Phi) is 6.20. The summed E-state index contributed by atoms with van der Waals surface area (Å²) >= 11 is 0. The number of hydrogen-bond acceptors (Lipinski definition) is 1. The topological polar surface area (TPSA) is 3.24 Å². The lowest BCUT2D eigenvalue weighted by molar-refractivity contribution is 0.728. The van der Waals surface area contributed by atoms with E-state index in [0.29, 0.717) is 5.92 Å². The molecule has 0 aromatic heterocycles. The van der Waals surface area contributed by atoms with E-state index in [0.717, 1.165) is 6.42 Å². The molecule has 0 aliphatic heterocycles. The molecular formula is C36H31N. The van der Waals surface area contributed by atoms with Crippen molar-refractivity contribution in [2.24, 2.45) is 5.92 Å². The molecule has 0 radical (unpaired) electrons. The Morgan fingerprint density at radius 2 is 1.24 bits per heavy atom. The molecule has 4 aromatic carbocycles. The highest BCUT2D eigenvalue weighted by Crippen LogP contribution is 2.37. The van der Waals surface area contributed by atoms with Crippen molar-refractivity contribution in [3.8, 4) is 0 Å². The average molecular weight is 478 g/mol. The van der Waals surface area contributed by atoms with E-state index in [1.54, 1.807) is 0 Å². The summed E-state index contributed by atoms with van der Waals surface area (Å²) in [6, 6.07) is 35.1. The van der Waals surface area contributed by atoms with Crippen LogP contribution in [0.2, 0.25) is 0 Å². The van der Waals surface area contributed by atoms with E-state index in [2.05, 4.69) is 152 Å². The molecule has 1 atom stereocenters. The molecule has 1 nitrogen and oxygen atoms in total. The van der Waals surface area contributed by atoms with Crippen molar-refractivity contribution in [3.05, 3.63) is 154 Å². The van der Waals surface area contributed by atoms with Crippen LogP contribution < -0.4 is 4.90 Å². The standard InChI is InChI=1S/C36H31N/c1-26-11-19-31(20-12-26)37(32-21-13-27(2)14-22-32)33-23-15-28(16-24-33)25-36-34-9-5-3-7-29(34)17-18-30-8-4-6-10-35(30)36/h3-13,15-25,27H,14H2,1-2H3. The first-order valence-corrected chi connectivity index (χ1v) is 13.1. The van der Waals surface area contributed by atoms with Crippen LogP contribution in [-0.2, 0) is 0 Å². The first kappa shape index (κ1) is 23.1. The number of aryl methyl sites for hydroxylation is 1. The van der Waals surface area contributed by atoms with Crippen molar-refractivity contribution in [2.75, 3.05) is 4.90 Å². The number of allylic oxidation sites excluding steroid dienone is 3. The number of anilines is 2. The highest BCUT2D eigenvalue weighted by atomic mass is 15.1. The van der Waals surface area contributed by atoms with Crippen molar-refractivity contribution in [2.45, 2.75) is 20.3 Å². The zero-order valence-corrected chi connectivity index (χ0v) is 21.4. The molecule has 1 heteroatoms. The van der Waals surface area contributed by atoms with Gasteiger partial charge in [-0.05, 0) is 89.1 Å². The van der Waals surface area contributed by atoms with E-state index >= 15 is 0 Å². The number of nitrogens with zero attached hydrogens (tertiary/aromatic N) is 1. The van der Waals surface area contributed by atoms with Gasteiger partial charge in [0.25, 0.3) is 0 Å². The molecule has 1 unspecified atom stereocenters. The predicted octanol–water partition coefficient (Wildman–Crippen LogP) is 9.69. The van der Waals surface area contributed by atoms with Gasteiger partial charge in [0.2, 0.25) is 0 Å². The monoisotopic (exact) mass is 477 g/mol. The normalized spacial score (nSPS) is 15.9. The van der Waals surface area contributed by atoms with Crippen LogP contribution in [0.4, 0.5) is 11.4 Å². The lowest BCUT2D eigenvalue weighted by atomic mass is 9.92. The number of benzene rings is 4. The second kappa shape index (κ2) is 9.95. The highest BCUT2D eigenvalue weighted by molar-refractivity contribution is 6.00. The second-order valence-corrected chi connectivity index (χ2v) is 10.0. The third-order valence-corrected chi connectivity index (χ3v) is 7.25. The van der Waals surface area contributed by atoms with Gasteiger partial charge in [-0.1, -0.05) is 110 Å². The maximum atomic E-state index is 2.36. The average Bonchev–Trinajstić information content (AvgIpc) is 3.09. The van der Waals surface area contributed by atoms with E-state index in [-0.39, 0.29) is 0 Å². The van der Waals surface area contributed by atoms with Crippen LogP contribution >= 0.6 is 0 Å². The number of fused-ring (bicyclic) bond motifs is 2. The van der Waals surface area contributed by atoms with Crippen molar-refractivity contribution in [1.82, 2.24) is 0 Å². The zero-order chi connectivity index (χ0) is 25.2. The van der Waals surface area contributed by atoms with Crippen LogP contribution in [0.25, 0.3) is 23.8 Å². The molecule has 6 rings (SSSR count). The van der Waals surface area contributed by atoms with Crippen molar-refractivity contribution >= 4 is 35.2 Å². The summed E-state index contributed by atoms with van der Waals surface area (Å²) in [4.78, 5) is 2.36. The summed E-state index contributed by atoms with van der Waals surface area (Å²) in [7, 11) is 0. The largest absolute Gasteiger partial charge is 0.311 e. The van der Waals surface area contributed by atoms with Gasteiger partial charge in [-0.15, -0.1) is 0 Å². The number of rotatable bonds is 4. The summed E-state index contributed by atoms with van der Waals surface area (Å²) in [5.74, 6) is 0.581. The van der Waals surface area contributed by atoms with Gasteiger partial charge in [-0.2, -0.15) is 0 Å². The second-order valence-electron chi connectivity index (χ2n) is 10.0. The molecule has 0 spiro atoms. The van der Waals surface area contributed by atoms with Gasteiger partial charge in [0, 0.05) is 17.1 Å². The molecule has 0 heterocycles. The molecule has 0 bridgehead atoms. The summed E-state index contributed by atoms with van der Waals surface area (Å²) in [5.41, 5.74) is 12.3. The summed E-state index contributed by atoms with van der Waals surface area (Å²) < 4.78 is 0. The first-order valence-electron chi connectivity index (χ1n) is 13.1. The maximum absolute atomic E-state index is 2.36. The molecule has 0 N–H and O–H groups in total. The molecule has 2 aliphatic carbocycles. The summed E-state index contributed by atoms with van der Waals surface area (Å²) in [6.07, 6.45) is 14.8.